The second-order valence-electron chi connectivity index (χ2n) is 5.63. The minimum atomic E-state index is 0.149. The summed E-state index contributed by atoms with van der Waals surface area (Å²) < 4.78 is 5.53. The number of amides is 1. The highest BCUT2D eigenvalue weighted by Crippen LogP contribution is 2.21. The molecule has 7 heteroatoms. The molecule has 23 heavy (non-hydrogen) atoms. The predicted molar refractivity (Wildman–Crippen MR) is 93.2 cm³/mol. The zero-order chi connectivity index (χ0) is 16.1. The summed E-state index contributed by atoms with van der Waals surface area (Å²) in [5.41, 5.74) is 0. The Labute approximate surface area is 143 Å². The van der Waals surface area contributed by atoms with E-state index in [4.69, 9.17) is 4.42 Å². The molecule has 1 fully saturated rings. The first kappa shape index (κ1) is 16.3. The van der Waals surface area contributed by atoms with E-state index in [0.29, 0.717) is 22.8 Å². The van der Waals surface area contributed by atoms with Crippen LogP contribution in [0.4, 0.5) is 0 Å². The van der Waals surface area contributed by atoms with Crippen LogP contribution in [0, 0.1) is 5.92 Å². The molecule has 1 saturated heterocycles. The van der Waals surface area contributed by atoms with E-state index >= 15 is 0 Å². The lowest BCUT2D eigenvalue weighted by Gasteiger charge is -2.30. The molecular formula is C16H19N3O2S2. The van der Waals surface area contributed by atoms with Crippen LogP contribution in [0.2, 0.25) is 0 Å². The summed E-state index contributed by atoms with van der Waals surface area (Å²) in [6.07, 6.45) is 6.03. The molecule has 1 aliphatic rings. The van der Waals surface area contributed by atoms with Crippen molar-refractivity contribution >= 4 is 41.2 Å². The molecule has 0 saturated carbocycles. The summed E-state index contributed by atoms with van der Waals surface area (Å²) in [7, 11) is 0. The average Bonchev–Trinajstić information content (AvgIpc) is 3.22. The number of rotatable bonds is 5. The Morgan fingerprint density at radius 3 is 3.22 bits per heavy atom. The number of piperidine rings is 1. The van der Waals surface area contributed by atoms with Crippen molar-refractivity contribution in [2.24, 2.45) is 5.92 Å². The van der Waals surface area contributed by atoms with E-state index in [-0.39, 0.29) is 5.91 Å². The fourth-order valence-corrected chi connectivity index (χ4v) is 3.81. The van der Waals surface area contributed by atoms with Gasteiger partial charge in [-0.1, -0.05) is 24.8 Å². The van der Waals surface area contributed by atoms with Gasteiger partial charge in [-0.3, -0.25) is 4.79 Å². The van der Waals surface area contributed by atoms with Crippen molar-refractivity contribution in [1.82, 2.24) is 15.1 Å². The van der Waals surface area contributed by atoms with E-state index in [0.717, 1.165) is 24.4 Å². The lowest BCUT2D eigenvalue weighted by molar-refractivity contribution is -0.130. The molecule has 0 spiro atoms. The first-order chi connectivity index (χ1) is 11.2. The van der Waals surface area contributed by atoms with Gasteiger partial charge in [-0.2, -0.15) is 0 Å². The highest BCUT2D eigenvalue weighted by Gasteiger charge is 2.21. The lowest BCUT2D eigenvalue weighted by atomic mass is 10.0. The van der Waals surface area contributed by atoms with Crippen LogP contribution in [0.15, 0.2) is 27.2 Å². The fourth-order valence-electron chi connectivity index (χ4n) is 2.52. The SMILES string of the molecule is CC1CCCN(C(=O)CSc2nnc(/C=C/c3cccs3)o2)C1. The van der Waals surface area contributed by atoms with E-state index in [1.165, 1.54) is 18.2 Å². The second-order valence-corrected chi connectivity index (χ2v) is 7.54. The van der Waals surface area contributed by atoms with E-state index in [9.17, 15) is 4.79 Å². The van der Waals surface area contributed by atoms with Gasteiger partial charge in [0.25, 0.3) is 5.22 Å². The van der Waals surface area contributed by atoms with Crippen molar-refractivity contribution < 1.29 is 9.21 Å². The molecule has 1 unspecified atom stereocenters. The first-order valence-electron chi connectivity index (χ1n) is 7.66. The third-order valence-electron chi connectivity index (χ3n) is 3.68. The monoisotopic (exact) mass is 349 g/mol. The topological polar surface area (TPSA) is 59.2 Å². The first-order valence-corrected chi connectivity index (χ1v) is 9.53. The van der Waals surface area contributed by atoms with Gasteiger partial charge < -0.3 is 9.32 Å². The number of aromatic nitrogens is 2. The van der Waals surface area contributed by atoms with Gasteiger partial charge in [0.05, 0.1) is 5.75 Å². The molecule has 1 amide bonds. The largest absolute Gasteiger partial charge is 0.412 e. The molecule has 0 aliphatic carbocycles. The Bertz CT molecular complexity index is 667. The van der Waals surface area contributed by atoms with Crippen LogP contribution in [0.25, 0.3) is 12.2 Å². The Balaban J connectivity index is 1.50. The average molecular weight is 349 g/mol. The van der Waals surface area contributed by atoms with Gasteiger partial charge in [0.15, 0.2) is 0 Å². The van der Waals surface area contributed by atoms with Crippen molar-refractivity contribution in [2.45, 2.75) is 25.0 Å². The number of hydrogen-bond donors (Lipinski definition) is 0. The van der Waals surface area contributed by atoms with Gasteiger partial charge in [0.2, 0.25) is 11.8 Å². The fraction of sp³-hybridized carbons (Fsp3) is 0.438. The third-order valence-corrected chi connectivity index (χ3v) is 5.33. The van der Waals surface area contributed by atoms with E-state index in [1.54, 1.807) is 17.4 Å². The summed E-state index contributed by atoms with van der Waals surface area (Å²) >= 11 is 2.95. The molecule has 0 radical (unpaired) electrons. The normalized spacial score (nSPS) is 18.7. The number of nitrogens with zero attached hydrogens (tertiary/aromatic N) is 3. The van der Waals surface area contributed by atoms with Crippen LogP contribution < -0.4 is 0 Å². The summed E-state index contributed by atoms with van der Waals surface area (Å²) in [4.78, 5) is 15.3. The number of thiophene rings is 1. The second kappa shape index (κ2) is 7.79. The Morgan fingerprint density at radius 1 is 1.52 bits per heavy atom. The molecule has 122 valence electrons. The number of thioether (sulfide) groups is 1. The van der Waals surface area contributed by atoms with Gasteiger partial charge in [-0.15, -0.1) is 21.5 Å². The third kappa shape index (κ3) is 4.68. The smallest absolute Gasteiger partial charge is 0.277 e. The van der Waals surface area contributed by atoms with Crippen molar-refractivity contribution in [3.05, 3.63) is 28.3 Å². The van der Waals surface area contributed by atoms with Crippen LogP contribution >= 0.6 is 23.1 Å². The molecule has 2 aromatic heterocycles. The zero-order valence-corrected chi connectivity index (χ0v) is 14.6. The molecule has 0 aromatic carbocycles. The molecule has 5 nitrogen and oxygen atoms in total. The number of carbonyl (C=O) groups is 1. The Kier molecular flexibility index (Phi) is 5.51. The molecule has 0 bridgehead atoms. The van der Waals surface area contributed by atoms with Crippen molar-refractivity contribution in [3.8, 4) is 0 Å². The van der Waals surface area contributed by atoms with Crippen LogP contribution in [-0.4, -0.2) is 39.8 Å². The standard InChI is InChI=1S/C16H19N3O2S2/c1-12-4-2-8-19(10-12)15(20)11-23-16-18-17-14(21-16)7-6-13-5-3-9-22-13/h3,5-7,9,12H,2,4,8,10-11H2,1H3/b7-6+. The van der Waals surface area contributed by atoms with Gasteiger partial charge in [-0.25, -0.2) is 0 Å². The predicted octanol–water partition coefficient (Wildman–Crippen LogP) is 3.65. The van der Waals surface area contributed by atoms with Gasteiger partial charge in [0, 0.05) is 24.0 Å². The van der Waals surface area contributed by atoms with Crippen LogP contribution in [-0.2, 0) is 4.79 Å². The van der Waals surface area contributed by atoms with E-state index < -0.39 is 0 Å². The van der Waals surface area contributed by atoms with Crippen molar-refractivity contribution in [3.63, 3.8) is 0 Å². The molecule has 1 aliphatic heterocycles. The van der Waals surface area contributed by atoms with Gasteiger partial charge in [0.1, 0.15) is 0 Å². The van der Waals surface area contributed by atoms with Gasteiger partial charge in [-0.05, 0) is 36.3 Å². The number of hydrogen-bond acceptors (Lipinski definition) is 6. The lowest BCUT2D eigenvalue weighted by Crippen LogP contribution is -2.40. The number of likely N-dealkylation sites (tertiary alicyclic amines) is 1. The summed E-state index contributed by atoms with van der Waals surface area (Å²) in [6, 6.07) is 4.01. The minimum Gasteiger partial charge on any atom is -0.412 e. The van der Waals surface area contributed by atoms with Crippen LogP contribution in [0.3, 0.4) is 0 Å². The maximum atomic E-state index is 12.2. The maximum Gasteiger partial charge on any atom is 0.277 e. The molecule has 3 rings (SSSR count). The van der Waals surface area contributed by atoms with E-state index in [1.807, 2.05) is 28.5 Å². The van der Waals surface area contributed by atoms with Gasteiger partial charge >= 0.3 is 0 Å². The quantitative estimate of drug-likeness (QED) is 0.771. The molecule has 0 N–H and O–H groups in total. The van der Waals surface area contributed by atoms with Crippen molar-refractivity contribution in [2.75, 3.05) is 18.8 Å². The molecular weight excluding hydrogens is 330 g/mol. The maximum absolute atomic E-state index is 12.2. The summed E-state index contributed by atoms with van der Waals surface area (Å²) in [5.74, 6) is 1.55. The molecule has 1 atom stereocenters. The van der Waals surface area contributed by atoms with Crippen LogP contribution in [0.1, 0.15) is 30.5 Å². The summed E-state index contributed by atoms with van der Waals surface area (Å²) in [6.45, 7) is 3.91. The molecule has 2 aromatic rings. The highest BCUT2D eigenvalue weighted by molar-refractivity contribution is 7.99. The van der Waals surface area contributed by atoms with Crippen LogP contribution in [0.5, 0.6) is 0 Å². The minimum absolute atomic E-state index is 0.149. The molecule has 3 heterocycles. The Hall–Kier alpha value is -1.60. The summed E-state index contributed by atoms with van der Waals surface area (Å²) in [5, 5.41) is 10.4. The zero-order valence-electron chi connectivity index (χ0n) is 13.0. The van der Waals surface area contributed by atoms with Crippen molar-refractivity contribution in [1.29, 1.82) is 0 Å². The highest BCUT2D eigenvalue weighted by atomic mass is 32.2. The van der Waals surface area contributed by atoms with E-state index in [2.05, 4.69) is 17.1 Å². The number of carbonyl (C=O) groups excluding carboxylic acids is 1. The Morgan fingerprint density at radius 2 is 2.43 bits per heavy atom.